The number of hydrogen-bond donors (Lipinski definition) is 1. The Balaban J connectivity index is 2.04. The molecule has 0 heterocycles. The summed E-state index contributed by atoms with van der Waals surface area (Å²) in [5.74, 6) is 0. The van der Waals surface area contributed by atoms with Gasteiger partial charge in [-0.15, -0.1) is 0 Å². The van der Waals surface area contributed by atoms with Crippen LogP contribution in [0.1, 0.15) is 30.0 Å². The Kier molecular flexibility index (Phi) is 4.64. The first-order valence-corrected chi connectivity index (χ1v) is 11.8. The van der Waals surface area contributed by atoms with Crippen molar-refractivity contribution in [3.05, 3.63) is 53.6 Å². The van der Waals surface area contributed by atoms with E-state index < -0.39 is 19.7 Å². The lowest BCUT2D eigenvalue weighted by Gasteiger charge is -2.28. The van der Waals surface area contributed by atoms with Crippen LogP contribution in [0.15, 0.2) is 52.3 Å². The summed E-state index contributed by atoms with van der Waals surface area (Å²) in [6, 6.07) is 12.4. The number of benzene rings is 2. The third-order valence-electron chi connectivity index (χ3n) is 4.48. The van der Waals surface area contributed by atoms with Gasteiger partial charge in [0.05, 0.1) is 21.5 Å². The summed E-state index contributed by atoms with van der Waals surface area (Å²) >= 11 is 0. The minimum atomic E-state index is -3.57. The van der Waals surface area contributed by atoms with Gasteiger partial charge in [0, 0.05) is 12.5 Å². The number of hydrogen-bond acceptors (Lipinski definition) is 5. The predicted molar refractivity (Wildman–Crippen MR) is 98.4 cm³/mol. The van der Waals surface area contributed by atoms with Crippen molar-refractivity contribution >= 4 is 25.4 Å². The fourth-order valence-corrected chi connectivity index (χ4v) is 4.84. The lowest BCUT2D eigenvalue weighted by Crippen LogP contribution is -2.18. The van der Waals surface area contributed by atoms with Crippen LogP contribution in [0.4, 0.5) is 5.69 Å². The summed E-state index contributed by atoms with van der Waals surface area (Å²) < 4.78 is 47.9. The van der Waals surface area contributed by atoms with Crippen LogP contribution in [-0.4, -0.2) is 29.3 Å². The van der Waals surface area contributed by atoms with E-state index in [1.54, 1.807) is 6.07 Å². The zero-order valence-corrected chi connectivity index (χ0v) is 15.8. The standard InChI is InChI=1S/C18H21NO4S2/c1-24(20,21)14-10-11-17(18(12-14)25(2,22)23)19-16-9-5-7-13-6-3-4-8-15(13)16/h3-4,6,8,10-12,16,19H,5,7,9H2,1-2H3/t16-/m0/s1. The molecule has 1 aliphatic rings. The minimum Gasteiger partial charge on any atom is -0.377 e. The summed E-state index contributed by atoms with van der Waals surface area (Å²) in [7, 11) is -7.05. The molecule has 0 bridgehead atoms. The van der Waals surface area contributed by atoms with E-state index in [0.717, 1.165) is 31.8 Å². The summed E-state index contributed by atoms with van der Waals surface area (Å²) in [4.78, 5) is 0.0148. The minimum absolute atomic E-state index is 0.00233. The lowest BCUT2D eigenvalue weighted by atomic mass is 9.87. The van der Waals surface area contributed by atoms with Crippen molar-refractivity contribution in [1.29, 1.82) is 0 Å². The fraction of sp³-hybridized carbons (Fsp3) is 0.333. The maximum Gasteiger partial charge on any atom is 0.177 e. The van der Waals surface area contributed by atoms with Crippen LogP contribution < -0.4 is 5.32 Å². The van der Waals surface area contributed by atoms with E-state index >= 15 is 0 Å². The Hall–Kier alpha value is -1.86. The van der Waals surface area contributed by atoms with Crippen LogP contribution in [-0.2, 0) is 26.1 Å². The van der Waals surface area contributed by atoms with Gasteiger partial charge in [0.2, 0.25) is 0 Å². The Labute approximate surface area is 148 Å². The molecule has 2 aromatic carbocycles. The average molecular weight is 380 g/mol. The van der Waals surface area contributed by atoms with Crippen LogP contribution in [0.5, 0.6) is 0 Å². The van der Waals surface area contributed by atoms with E-state index in [2.05, 4.69) is 17.4 Å². The summed E-state index contributed by atoms with van der Waals surface area (Å²) in [6.07, 6.45) is 5.09. The molecule has 5 nitrogen and oxygen atoms in total. The quantitative estimate of drug-likeness (QED) is 0.883. The molecule has 0 saturated carbocycles. The number of sulfone groups is 2. The summed E-state index contributed by atoms with van der Waals surface area (Å²) in [6.45, 7) is 0. The van der Waals surface area contributed by atoms with Crippen molar-refractivity contribution in [3.63, 3.8) is 0 Å². The molecule has 0 aliphatic heterocycles. The fourth-order valence-electron chi connectivity index (χ4n) is 3.25. The van der Waals surface area contributed by atoms with Gasteiger partial charge in [-0.25, -0.2) is 16.8 Å². The molecule has 7 heteroatoms. The van der Waals surface area contributed by atoms with Crippen molar-refractivity contribution in [3.8, 4) is 0 Å². The van der Waals surface area contributed by atoms with Crippen LogP contribution >= 0.6 is 0 Å². The molecule has 0 unspecified atom stereocenters. The molecule has 0 fully saturated rings. The van der Waals surface area contributed by atoms with Gasteiger partial charge in [-0.1, -0.05) is 24.3 Å². The van der Waals surface area contributed by atoms with E-state index in [1.165, 1.54) is 23.3 Å². The molecule has 1 aliphatic carbocycles. The highest BCUT2D eigenvalue weighted by atomic mass is 32.2. The van der Waals surface area contributed by atoms with Crippen molar-refractivity contribution in [2.45, 2.75) is 35.1 Å². The molecule has 25 heavy (non-hydrogen) atoms. The Morgan fingerprint density at radius 2 is 1.68 bits per heavy atom. The van der Waals surface area contributed by atoms with Gasteiger partial charge in [-0.2, -0.15) is 0 Å². The van der Waals surface area contributed by atoms with Gasteiger partial charge in [-0.3, -0.25) is 0 Å². The number of nitrogens with one attached hydrogen (secondary N) is 1. The Morgan fingerprint density at radius 1 is 0.960 bits per heavy atom. The number of fused-ring (bicyclic) bond motifs is 1. The molecule has 134 valence electrons. The highest BCUT2D eigenvalue weighted by Crippen LogP contribution is 2.35. The number of rotatable bonds is 4. The van der Waals surface area contributed by atoms with Crippen LogP contribution in [0, 0.1) is 0 Å². The highest BCUT2D eigenvalue weighted by Gasteiger charge is 2.23. The lowest BCUT2D eigenvalue weighted by molar-refractivity contribution is 0.593. The van der Waals surface area contributed by atoms with Gasteiger partial charge in [-0.05, 0) is 48.6 Å². The van der Waals surface area contributed by atoms with E-state index in [4.69, 9.17) is 0 Å². The molecule has 0 saturated heterocycles. The second kappa shape index (κ2) is 6.46. The maximum absolute atomic E-state index is 12.2. The zero-order chi connectivity index (χ0) is 18.2. The first kappa shape index (κ1) is 17.9. The van der Waals surface area contributed by atoms with Gasteiger partial charge in [0.1, 0.15) is 0 Å². The molecular formula is C18H21NO4S2. The molecule has 2 aromatic rings. The van der Waals surface area contributed by atoms with Crippen LogP contribution in [0.2, 0.25) is 0 Å². The van der Waals surface area contributed by atoms with E-state index in [-0.39, 0.29) is 15.8 Å². The molecule has 1 atom stereocenters. The Morgan fingerprint density at radius 3 is 2.36 bits per heavy atom. The van der Waals surface area contributed by atoms with Gasteiger partial charge < -0.3 is 5.32 Å². The first-order chi connectivity index (χ1) is 11.7. The molecule has 0 spiro atoms. The molecule has 3 rings (SSSR count). The third kappa shape index (κ3) is 3.88. The van der Waals surface area contributed by atoms with Crippen molar-refractivity contribution in [2.75, 3.05) is 17.8 Å². The number of anilines is 1. The summed E-state index contributed by atoms with van der Waals surface area (Å²) in [5.41, 5.74) is 2.87. The van der Waals surface area contributed by atoms with Crippen LogP contribution in [0.3, 0.4) is 0 Å². The SMILES string of the molecule is CS(=O)(=O)c1ccc(N[C@H]2CCCc3ccccc32)c(S(C)(=O)=O)c1. The molecule has 0 amide bonds. The molecular weight excluding hydrogens is 358 g/mol. The maximum atomic E-state index is 12.2. The largest absolute Gasteiger partial charge is 0.377 e. The summed E-state index contributed by atoms with van der Waals surface area (Å²) in [5, 5.41) is 3.32. The van der Waals surface area contributed by atoms with Gasteiger partial charge in [0.15, 0.2) is 19.7 Å². The molecule has 0 aromatic heterocycles. The monoisotopic (exact) mass is 379 g/mol. The zero-order valence-electron chi connectivity index (χ0n) is 14.2. The highest BCUT2D eigenvalue weighted by molar-refractivity contribution is 7.91. The van der Waals surface area contributed by atoms with Crippen molar-refractivity contribution in [2.24, 2.45) is 0 Å². The smallest absolute Gasteiger partial charge is 0.177 e. The second-order valence-corrected chi connectivity index (χ2v) is 10.5. The van der Waals surface area contributed by atoms with Gasteiger partial charge >= 0.3 is 0 Å². The Bertz CT molecular complexity index is 1010. The second-order valence-electron chi connectivity index (χ2n) is 6.49. The van der Waals surface area contributed by atoms with Crippen molar-refractivity contribution in [1.82, 2.24) is 0 Å². The average Bonchev–Trinajstić information content (AvgIpc) is 2.53. The van der Waals surface area contributed by atoms with E-state index in [0.29, 0.717) is 5.69 Å². The topological polar surface area (TPSA) is 80.3 Å². The third-order valence-corrected chi connectivity index (χ3v) is 6.73. The van der Waals surface area contributed by atoms with Crippen molar-refractivity contribution < 1.29 is 16.8 Å². The van der Waals surface area contributed by atoms with Gasteiger partial charge in [0.25, 0.3) is 0 Å². The van der Waals surface area contributed by atoms with Crippen LogP contribution in [0.25, 0.3) is 0 Å². The van der Waals surface area contributed by atoms with E-state index in [9.17, 15) is 16.8 Å². The first-order valence-electron chi connectivity index (χ1n) is 8.05. The molecule has 1 N–H and O–H groups in total. The predicted octanol–water partition coefficient (Wildman–Crippen LogP) is 2.98. The van der Waals surface area contributed by atoms with E-state index in [1.807, 2.05) is 12.1 Å². The normalized spacial score (nSPS) is 17.8. The molecule has 0 radical (unpaired) electrons. The number of aryl methyl sites for hydroxylation is 1.